The number of hydrogen-bond acceptors (Lipinski definition) is 3. The molecule has 3 N–H and O–H groups in total. The van der Waals surface area contributed by atoms with Gasteiger partial charge >= 0.3 is 6.18 Å². The molecule has 0 aromatic heterocycles. The fourth-order valence-electron chi connectivity index (χ4n) is 2.36. The van der Waals surface area contributed by atoms with E-state index in [1.54, 1.807) is 4.90 Å². The third kappa shape index (κ3) is 4.13. The van der Waals surface area contributed by atoms with Crippen molar-refractivity contribution in [3.63, 3.8) is 0 Å². The van der Waals surface area contributed by atoms with Gasteiger partial charge in [-0.15, -0.1) is 0 Å². The second-order valence-corrected chi connectivity index (χ2v) is 5.43. The van der Waals surface area contributed by atoms with Crippen molar-refractivity contribution in [2.45, 2.75) is 38.7 Å². The summed E-state index contributed by atoms with van der Waals surface area (Å²) >= 11 is 0. The van der Waals surface area contributed by atoms with Gasteiger partial charge in [-0.1, -0.05) is 0 Å². The number of hydrogen-bond donors (Lipinski definition) is 2. The van der Waals surface area contributed by atoms with Gasteiger partial charge in [-0.3, -0.25) is 10.3 Å². The van der Waals surface area contributed by atoms with Gasteiger partial charge in [0.05, 0.1) is 11.7 Å². The van der Waals surface area contributed by atoms with Gasteiger partial charge in [0.1, 0.15) is 11.8 Å². The Morgan fingerprint density at radius 2 is 2.11 bits per heavy atom. The van der Waals surface area contributed by atoms with Crippen LogP contribution >= 0.6 is 0 Å². The topological polar surface area (TPSA) is 62.3 Å². The van der Waals surface area contributed by atoms with E-state index in [1.807, 2.05) is 20.8 Å². The number of halogens is 3. The summed E-state index contributed by atoms with van der Waals surface area (Å²) in [6.07, 6.45) is -4.60. The quantitative estimate of drug-likeness (QED) is 0.603. The van der Waals surface area contributed by atoms with Crippen LogP contribution in [0, 0.1) is 11.3 Å². The van der Waals surface area contributed by atoms with Gasteiger partial charge in [0, 0.05) is 19.6 Å². The lowest BCUT2D eigenvalue weighted by Crippen LogP contribution is -2.55. The Labute approximate surface area is 105 Å². The van der Waals surface area contributed by atoms with E-state index in [0.29, 0.717) is 13.1 Å². The molecule has 0 aliphatic carbocycles. The second-order valence-electron chi connectivity index (χ2n) is 5.43. The second kappa shape index (κ2) is 5.05. The van der Waals surface area contributed by atoms with Crippen LogP contribution in [0.5, 0.6) is 0 Å². The van der Waals surface area contributed by atoms with Gasteiger partial charge in [-0.05, 0) is 20.8 Å². The average Bonchev–Trinajstić information content (AvgIpc) is 2.08. The number of morpholine rings is 1. The van der Waals surface area contributed by atoms with Crippen molar-refractivity contribution in [1.82, 2.24) is 4.90 Å². The maximum Gasteiger partial charge on any atom is 0.399 e. The predicted octanol–water partition coefficient (Wildman–Crippen LogP) is 1.60. The van der Waals surface area contributed by atoms with Crippen molar-refractivity contribution in [1.29, 1.82) is 5.41 Å². The molecule has 1 aliphatic rings. The van der Waals surface area contributed by atoms with E-state index in [-0.39, 0.29) is 12.6 Å². The number of amidine groups is 1. The molecule has 106 valence electrons. The molecule has 2 unspecified atom stereocenters. The minimum atomic E-state index is -4.47. The lowest BCUT2D eigenvalue weighted by atomic mass is 10.0. The first-order valence-corrected chi connectivity index (χ1v) is 5.82. The SMILES string of the molecule is CC1CN(CC(C(=N)N)C(F)(F)F)CC(C)(C)O1. The number of nitrogens with two attached hydrogens (primary N) is 1. The van der Waals surface area contributed by atoms with Crippen LogP contribution < -0.4 is 5.73 Å². The van der Waals surface area contributed by atoms with Gasteiger partial charge < -0.3 is 10.5 Å². The molecule has 0 aromatic rings. The van der Waals surface area contributed by atoms with Gasteiger partial charge in [0.15, 0.2) is 0 Å². The normalized spacial score (nSPS) is 26.9. The molecule has 0 aromatic carbocycles. The summed E-state index contributed by atoms with van der Waals surface area (Å²) in [6, 6.07) is 0. The highest BCUT2D eigenvalue weighted by molar-refractivity contribution is 5.80. The maximum atomic E-state index is 12.7. The zero-order valence-corrected chi connectivity index (χ0v) is 10.8. The Morgan fingerprint density at radius 1 is 1.56 bits per heavy atom. The Kier molecular flexibility index (Phi) is 4.27. The van der Waals surface area contributed by atoms with Crippen molar-refractivity contribution >= 4 is 5.84 Å². The molecule has 1 fully saturated rings. The number of nitrogens with zero attached hydrogens (tertiary/aromatic N) is 1. The summed E-state index contributed by atoms with van der Waals surface area (Å²) in [5.41, 5.74) is 4.57. The number of nitrogens with one attached hydrogen (secondary N) is 1. The van der Waals surface area contributed by atoms with Crippen molar-refractivity contribution in [2.24, 2.45) is 11.7 Å². The van der Waals surface area contributed by atoms with Crippen LogP contribution in [0.3, 0.4) is 0 Å². The van der Waals surface area contributed by atoms with Crippen molar-refractivity contribution < 1.29 is 17.9 Å². The average molecular weight is 267 g/mol. The molecule has 7 heteroatoms. The Bertz CT molecular complexity index is 317. The lowest BCUT2D eigenvalue weighted by molar-refractivity contribution is -0.174. The summed E-state index contributed by atoms with van der Waals surface area (Å²) < 4.78 is 43.8. The molecular formula is C11H20F3N3O. The van der Waals surface area contributed by atoms with E-state index < -0.39 is 23.5 Å². The summed E-state index contributed by atoms with van der Waals surface area (Å²) in [5.74, 6) is -2.74. The molecule has 0 amide bonds. The molecule has 0 spiro atoms. The summed E-state index contributed by atoms with van der Waals surface area (Å²) in [7, 11) is 0. The lowest BCUT2D eigenvalue weighted by Gasteiger charge is -2.42. The van der Waals surface area contributed by atoms with Crippen LogP contribution in [0.2, 0.25) is 0 Å². The smallest absolute Gasteiger partial charge is 0.387 e. The molecule has 1 saturated heterocycles. The molecule has 4 nitrogen and oxygen atoms in total. The van der Waals surface area contributed by atoms with Gasteiger partial charge in [-0.2, -0.15) is 13.2 Å². The minimum absolute atomic E-state index is 0.130. The fourth-order valence-corrected chi connectivity index (χ4v) is 2.36. The standard InChI is InChI=1S/C11H20F3N3O/c1-7-4-17(6-10(2,3)18-7)5-8(9(15)16)11(12,13)14/h7-8H,4-6H2,1-3H3,(H3,15,16). The molecule has 1 rings (SSSR count). The van der Waals surface area contributed by atoms with Gasteiger partial charge in [0.25, 0.3) is 0 Å². The highest BCUT2D eigenvalue weighted by Gasteiger charge is 2.44. The molecule has 0 saturated carbocycles. The van der Waals surface area contributed by atoms with Gasteiger partial charge in [0.2, 0.25) is 0 Å². The Balaban J connectivity index is 2.73. The minimum Gasteiger partial charge on any atom is -0.387 e. The largest absolute Gasteiger partial charge is 0.399 e. The highest BCUT2D eigenvalue weighted by Crippen LogP contribution is 2.29. The Morgan fingerprint density at radius 3 is 2.50 bits per heavy atom. The number of alkyl halides is 3. The first kappa shape index (κ1) is 15.2. The zero-order chi connectivity index (χ0) is 14.1. The van der Waals surface area contributed by atoms with Crippen LogP contribution in [0.4, 0.5) is 13.2 Å². The van der Waals surface area contributed by atoms with E-state index in [1.165, 1.54) is 0 Å². The summed E-state index contributed by atoms with van der Waals surface area (Å²) in [5, 5.41) is 7.07. The van der Waals surface area contributed by atoms with Crippen LogP contribution in [0.25, 0.3) is 0 Å². The first-order chi connectivity index (χ1) is 8.01. The van der Waals surface area contributed by atoms with Crippen LogP contribution in [-0.2, 0) is 4.74 Å². The maximum absolute atomic E-state index is 12.7. The van der Waals surface area contributed by atoms with Crippen LogP contribution in [0.1, 0.15) is 20.8 Å². The van der Waals surface area contributed by atoms with Crippen molar-refractivity contribution in [3.05, 3.63) is 0 Å². The summed E-state index contributed by atoms with van der Waals surface area (Å²) in [4.78, 5) is 1.66. The van der Waals surface area contributed by atoms with Crippen molar-refractivity contribution in [2.75, 3.05) is 19.6 Å². The first-order valence-electron chi connectivity index (χ1n) is 5.82. The van der Waals surface area contributed by atoms with E-state index >= 15 is 0 Å². The molecule has 1 aliphatic heterocycles. The molecule has 2 atom stereocenters. The van der Waals surface area contributed by atoms with E-state index in [9.17, 15) is 13.2 Å². The van der Waals surface area contributed by atoms with E-state index in [4.69, 9.17) is 15.9 Å². The predicted molar refractivity (Wildman–Crippen MR) is 62.5 cm³/mol. The highest BCUT2D eigenvalue weighted by atomic mass is 19.4. The van der Waals surface area contributed by atoms with Crippen molar-refractivity contribution in [3.8, 4) is 0 Å². The molecular weight excluding hydrogens is 247 g/mol. The van der Waals surface area contributed by atoms with Crippen LogP contribution in [0.15, 0.2) is 0 Å². The molecule has 0 bridgehead atoms. The van der Waals surface area contributed by atoms with E-state index in [2.05, 4.69) is 0 Å². The molecule has 0 radical (unpaired) electrons. The third-order valence-corrected chi connectivity index (χ3v) is 2.85. The number of rotatable bonds is 3. The molecule has 18 heavy (non-hydrogen) atoms. The molecule has 1 heterocycles. The Hall–Kier alpha value is -0.820. The van der Waals surface area contributed by atoms with Gasteiger partial charge in [-0.25, -0.2) is 0 Å². The third-order valence-electron chi connectivity index (χ3n) is 2.85. The zero-order valence-electron chi connectivity index (χ0n) is 10.8. The fraction of sp³-hybridized carbons (Fsp3) is 0.909. The monoisotopic (exact) mass is 267 g/mol. The summed E-state index contributed by atoms with van der Waals surface area (Å²) in [6.45, 7) is 6.04. The van der Waals surface area contributed by atoms with Crippen LogP contribution in [-0.4, -0.2) is 48.3 Å². The number of ether oxygens (including phenoxy) is 1. The van der Waals surface area contributed by atoms with E-state index in [0.717, 1.165) is 0 Å².